The summed E-state index contributed by atoms with van der Waals surface area (Å²) in [6.07, 6.45) is 1.21. The van der Waals surface area contributed by atoms with E-state index in [4.69, 9.17) is 9.47 Å². The number of rotatable bonds is 1. The summed E-state index contributed by atoms with van der Waals surface area (Å²) in [7, 11) is 0. The van der Waals surface area contributed by atoms with Gasteiger partial charge in [0.25, 0.3) is 0 Å². The third kappa shape index (κ3) is 1.62. The van der Waals surface area contributed by atoms with Crippen LogP contribution in [-0.4, -0.2) is 12.7 Å². The van der Waals surface area contributed by atoms with E-state index in [0.29, 0.717) is 6.61 Å². The van der Waals surface area contributed by atoms with E-state index in [9.17, 15) is 0 Å². The summed E-state index contributed by atoms with van der Waals surface area (Å²) in [4.78, 5) is 0. The molecule has 1 atom stereocenters. The standard InChI is InChI=1S/C11H14O2/c1-3-9-7-12-10-5-4-8(2)6-11(10)13-9/h4-6,9H,3,7H2,1-2H3/t9-/m0/s1. The monoisotopic (exact) mass is 178 g/mol. The highest BCUT2D eigenvalue weighted by atomic mass is 16.6. The average Bonchev–Trinajstić information content (AvgIpc) is 2.16. The van der Waals surface area contributed by atoms with Crippen LogP contribution in [0.15, 0.2) is 18.2 Å². The molecule has 1 heterocycles. The van der Waals surface area contributed by atoms with E-state index in [1.54, 1.807) is 0 Å². The van der Waals surface area contributed by atoms with Crippen LogP contribution in [0.4, 0.5) is 0 Å². The van der Waals surface area contributed by atoms with Crippen molar-refractivity contribution >= 4 is 0 Å². The van der Waals surface area contributed by atoms with Gasteiger partial charge in [0.05, 0.1) is 0 Å². The molecule has 0 spiro atoms. The first-order valence-corrected chi connectivity index (χ1v) is 4.69. The number of aryl methyl sites for hydroxylation is 1. The van der Waals surface area contributed by atoms with Crippen molar-refractivity contribution in [2.75, 3.05) is 6.61 Å². The molecule has 0 fully saturated rings. The van der Waals surface area contributed by atoms with Crippen molar-refractivity contribution in [3.63, 3.8) is 0 Å². The second-order valence-corrected chi connectivity index (χ2v) is 3.41. The summed E-state index contributed by atoms with van der Waals surface area (Å²) in [5.74, 6) is 1.76. The third-order valence-electron chi connectivity index (χ3n) is 2.27. The van der Waals surface area contributed by atoms with Crippen LogP contribution in [-0.2, 0) is 0 Å². The molecule has 0 N–H and O–H groups in total. The number of benzene rings is 1. The molecule has 2 rings (SSSR count). The van der Waals surface area contributed by atoms with E-state index in [-0.39, 0.29) is 6.10 Å². The van der Waals surface area contributed by atoms with E-state index in [0.717, 1.165) is 17.9 Å². The first-order chi connectivity index (χ1) is 6.29. The number of hydrogen-bond donors (Lipinski definition) is 0. The molecule has 1 aliphatic heterocycles. The van der Waals surface area contributed by atoms with E-state index in [1.165, 1.54) is 5.56 Å². The molecule has 1 aromatic carbocycles. The number of hydrogen-bond acceptors (Lipinski definition) is 2. The van der Waals surface area contributed by atoms with Crippen LogP contribution in [0.3, 0.4) is 0 Å². The van der Waals surface area contributed by atoms with Gasteiger partial charge < -0.3 is 9.47 Å². The largest absolute Gasteiger partial charge is 0.486 e. The molecule has 0 saturated carbocycles. The Hall–Kier alpha value is -1.18. The van der Waals surface area contributed by atoms with Crippen LogP contribution in [0.5, 0.6) is 11.5 Å². The summed E-state index contributed by atoms with van der Waals surface area (Å²) in [6, 6.07) is 6.03. The van der Waals surface area contributed by atoms with Crippen LogP contribution >= 0.6 is 0 Å². The second kappa shape index (κ2) is 3.29. The van der Waals surface area contributed by atoms with Gasteiger partial charge in [-0.3, -0.25) is 0 Å². The summed E-state index contributed by atoms with van der Waals surface area (Å²) in [5, 5.41) is 0. The number of fused-ring (bicyclic) bond motifs is 1. The summed E-state index contributed by atoms with van der Waals surface area (Å²) in [5.41, 5.74) is 1.21. The molecule has 1 aliphatic rings. The first-order valence-electron chi connectivity index (χ1n) is 4.69. The van der Waals surface area contributed by atoms with Crippen LogP contribution < -0.4 is 9.47 Å². The molecular formula is C11H14O2. The summed E-state index contributed by atoms with van der Waals surface area (Å²) >= 11 is 0. The SMILES string of the molecule is CC[C@H]1COc2ccc(C)cc2O1. The van der Waals surface area contributed by atoms with Crippen molar-refractivity contribution in [3.05, 3.63) is 23.8 Å². The molecule has 70 valence electrons. The fraction of sp³-hybridized carbons (Fsp3) is 0.455. The Labute approximate surface area is 78.5 Å². The lowest BCUT2D eigenvalue weighted by molar-refractivity contribution is 0.0883. The van der Waals surface area contributed by atoms with E-state index < -0.39 is 0 Å². The molecule has 1 aromatic rings. The Bertz CT molecular complexity index is 307. The molecule has 0 saturated heterocycles. The molecular weight excluding hydrogens is 164 g/mol. The lowest BCUT2D eigenvalue weighted by Gasteiger charge is -2.25. The average molecular weight is 178 g/mol. The second-order valence-electron chi connectivity index (χ2n) is 3.41. The number of ether oxygens (including phenoxy) is 2. The lowest BCUT2D eigenvalue weighted by Crippen LogP contribution is -2.28. The smallest absolute Gasteiger partial charge is 0.162 e. The van der Waals surface area contributed by atoms with Gasteiger partial charge in [0.1, 0.15) is 12.7 Å². The molecule has 2 nitrogen and oxygen atoms in total. The Kier molecular flexibility index (Phi) is 2.13. The predicted molar refractivity (Wildman–Crippen MR) is 51.4 cm³/mol. The Morgan fingerprint density at radius 2 is 2.23 bits per heavy atom. The van der Waals surface area contributed by atoms with Gasteiger partial charge in [-0.25, -0.2) is 0 Å². The predicted octanol–water partition coefficient (Wildman–Crippen LogP) is 2.54. The van der Waals surface area contributed by atoms with Crippen molar-refractivity contribution in [3.8, 4) is 11.5 Å². The zero-order valence-corrected chi connectivity index (χ0v) is 8.04. The highest BCUT2D eigenvalue weighted by molar-refractivity contribution is 5.43. The van der Waals surface area contributed by atoms with Gasteiger partial charge >= 0.3 is 0 Å². The fourth-order valence-electron chi connectivity index (χ4n) is 1.42. The lowest BCUT2D eigenvalue weighted by atomic mass is 10.2. The molecule has 13 heavy (non-hydrogen) atoms. The minimum absolute atomic E-state index is 0.217. The van der Waals surface area contributed by atoms with E-state index >= 15 is 0 Å². The van der Waals surface area contributed by atoms with Crippen molar-refractivity contribution in [2.24, 2.45) is 0 Å². The zero-order valence-electron chi connectivity index (χ0n) is 8.04. The van der Waals surface area contributed by atoms with Gasteiger partial charge in [0, 0.05) is 0 Å². The molecule has 0 unspecified atom stereocenters. The molecule has 0 bridgehead atoms. The van der Waals surface area contributed by atoms with E-state index in [2.05, 4.69) is 13.8 Å². The van der Waals surface area contributed by atoms with Crippen molar-refractivity contribution in [1.29, 1.82) is 0 Å². The van der Waals surface area contributed by atoms with Crippen LogP contribution in [0.1, 0.15) is 18.9 Å². The van der Waals surface area contributed by atoms with Crippen LogP contribution in [0, 0.1) is 6.92 Å². The quantitative estimate of drug-likeness (QED) is 0.658. The minimum atomic E-state index is 0.217. The maximum absolute atomic E-state index is 5.74. The van der Waals surface area contributed by atoms with Gasteiger partial charge in [-0.1, -0.05) is 13.0 Å². The van der Waals surface area contributed by atoms with E-state index in [1.807, 2.05) is 18.2 Å². The minimum Gasteiger partial charge on any atom is -0.486 e. The van der Waals surface area contributed by atoms with Crippen molar-refractivity contribution < 1.29 is 9.47 Å². The van der Waals surface area contributed by atoms with Gasteiger partial charge in [0.15, 0.2) is 11.5 Å². The molecule has 0 radical (unpaired) electrons. The van der Waals surface area contributed by atoms with Crippen molar-refractivity contribution in [1.82, 2.24) is 0 Å². The normalized spacial score (nSPS) is 20.0. The Morgan fingerprint density at radius 3 is 3.00 bits per heavy atom. The molecule has 2 heteroatoms. The maximum Gasteiger partial charge on any atom is 0.162 e. The van der Waals surface area contributed by atoms with Gasteiger partial charge in [-0.05, 0) is 31.0 Å². The zero-order chi connectivity index (χ0) is 9.26. The molecule has 0 aliphatic carbocycles. The molecule has 0 amide bonds. The van der Waals surface area contributed by atoms with Gasteiger partial charge in [-0.2, -0.15) is 0 Å². The Morgan fingerprint density at radius 1 is 1.38 bits per heavy atom. The first kappa shape index (κ1) is 8.42. The van der Waals surface area contributed by atoms with Gasteiger partial charge in [-0.15, -0.1) is 0 Å². The fourth-order valence-corrected chi connectivity index (χ4v) is 1.42. The van der Waals surface area contributed by atoms with Crippen molar-refractivity contribution in [2.45, 2.75) is 26.4 Å². The summed E-state index contributed by atoms with van der Waals surface area (Å²) in [6.45, 7) is 4.83. The third-order valence-corrected chi connectivity index (χ3v) is 2.27. The maximum atomic E-state index is 5.74. The highest BCUT2D eigenvalue weighted by Gasteiger charge is 2.18. The van der Waals surface area contributed by atoms with Gasteiger partial charge in [0.2, 0.25) is 0 Å². The Balaban J connectivity index is 2.27. The van der Waals surface area contributed by atoms with Crippen LogP contribution in [0.2, 0.25) is 0 Å². The van der Waals surface area contributed by atoms with Crippen LogP contribution in [0.25, 0.3) is 0 Å². The topological polar surface area (TPSA) is 18.5 Å². The summed E-state index contributed by atoms with van der Waals surface area (Å²) < 4.78 is 11.3. The highest BCUT2D eigenvalue weighted by Crippen LogP contribution is 2.32. The molecule has 0 aromatic heterocycles.